The number of nitrogens with zero attached hydrogens (tertiary/aromatic N) is 1. The van der Waals surface area contributed by atoms with Gasteiger partial charge in [-0.3, -0.25) is 4.79 Å². The number of halogens is 2. The zero-order chi connectivity index (χ0) is 23.5. The molecule has 0 radical (unpaired) electrons. The molecule has 0 bridgehead atoms. The molecule has 0 saturated heterocycles. The van der Waals surface area contributed by atoms with Crippen LogP contribution in [-0.2, 0) is 9.63 Å². The first-order valence-electron chi connectivity index (χ1n) is 9.66. The average Bonchev–Trinajstić information content (AvgIpc) is 2.75. The van der Waals surface area contributed by atoms with Gasteiger partial charge in [-0.2, -0.15) is 8.78 Å². The van der Waals surface area contributed by atoms with Crippen LogP contribution >= 0.6 is 0 Å². The van der Waals surface area contributed by atoms with Gasteiger partial charge in [0.05, 0.1) is 26.0 Å². The molecule has 0 aliphatic rings. The molecule has 1 amide bonds. The van der Waals surface area contributed by atoms with E-state index in [-0.39, 0.29) is 17.3 Å². The number of amidine groups is 1. The number of anilines is 1. The third kappa shape index (κ3) is 7.18. The monoisotopic (exact) mass is 453 g/mol. The lowest BCUT2D eigenvalue weighted by Gasteiger charge is -2.13. The van der Waals surface area contributed by atoms with Crippen LogP contribution in [0.4, 0.5) is 14.5 Å². The fourth-order valence-electron chi connectivity index (χ4n) is 2.56. The Morgan fingerprint density at radius 2 is 1.78 bits per heavy atom. The number of hydrogen-bond acceptors (Lipinski definition) is 7. The van der Waals surface area contributed by atoms with Gasteiger partial charge in [0.1, 0.15) is 11.5 Å². The van der Waals surface area contributed by atoms with Crippen molar-refractivity contribution < 1.29 is 37.4 Å². The number of benzene rings is 2. The number of carbonyl (C=O) groups is 1. The highest BCUT2D eigenvalue weighted by molar-refractivity contribution is 5.98. The Morgan fingerprint density at radius 1 is 1.06 bits per heavy atom. The Bertz CT molecular complexity index is 940. The lowest BCUT2D eigenvalue weighted by molar-refractivity contribution is -0.120. The van der Waals surface area contributed by atoms with E-state index >= 15 is 0 Å². The number of rotatable bonds is 12. The Hall–Kier alpha value is -3.76. The molecule has 11 heteroatoms. The van der Waals surface area contributed by atoms with Crippen LogP contribution in [-0.4, -0.2) is 45.3 Å². The third-order valence-corrected chi connectivity index (χ3v) is 3.87. The summed E-state index contributed by atoms with van der Waals surface area (Å²) in [4.78, 5) is 17.3. The van der Waals surface area contributed by atoms with Crippen LogP contribution in [0.2, 0.25) is 0 Å². The zero-order valence-corrected chi connectivity index (χ0v) is 17.9. The minimum absolute atomic E-state index is 0.0383. The van der Waals surface area contributed by atoms with Crippen molar-refractivity contribution >= 4 is 17.4 Å². The molecule has 0 unspecified atom stereocenters. The van der Waals surface area contributed by atoms with Crippen LogP contribution < -0.4 is 30.0 Å². The van der Waals surface area contributed by atoms with E-state index in [1.165, 1.54) is 25.3 Å². The number of amides is 1. The molecular weight excluding hydrogens is 428 g/mol. The van der Waals surface area contributed by atoms with E-state index in [9.17, 15) is 13.6 Å². The molecule has 2 rings (SSSR count). The van der Waals surface area contributed by atoms with Gasteiger partial charge in [-0.05, 0) is 44.2 Å². The molecule has 2 aromatic rings. The summed E-state index contributed by atoms with van der Waals surface area (Å²) in [5.41, 5.74) is 6.58. The van der Waals surface area contributed by atoms with Gasteiger partial charge in [-0.25, -0.2) is 0 Å². The molecule has 0 aliphatic heterocycles. The van der Waals surface area contributed by atoms with Gasteiger partial charge in [0, 0.05) is 11.6 Å². The Labute approximate surface area is 184 Å². The van der Waals surface area contributed by atoms with Crippen molar-refractivity contribution in [3.8, 4) is 23.0 Å². The maximum absolute atomic E-state index is 12.4. The second-order valence-electron chi connectivity index (χ2n) is 6.07. The largest absolute Gasteiger partial charge is 0.494 e. The highest BCUT2D eigenvalue weighted by Crippen LogP contribution is 2.30. The molecule has 174 valence electrons. The molecule has 0 aliphatic carbocycles. The highest BCUT2D eigenvalue weighted by Gasteiger charge is 2.13. The summed E-state index contributed by atoms with van der Waals surface area (Å²) in [6, 6.07) is 9.08. The Kier molecular flexibility index (Phi) is 9.33. The smallest absolute Gasteiger partial charge is 0.387 e. The van der Waals surface area contributed by atoms with Crippen LogP contribution in [0.1, 0.15) is 19.4 Å². The van der Waals surface area contributed by atoms with Gasteiger partial charge in [0.15, 0.2) is 23.9 Å². The predicted molar refractivity (Wildman–Crippen MR) is 114 cm³/mol. The Morgan fingerprint density at radius 3 is 2.44 bits per heavy atom. The van der Waals surface area contributed by atoms with Gasteiger partial charge in [0.25, 0.3) is 5.91 Å². The van der Waals surface area contributed by atoms with Crippen molar-refractivity contribution in [3.63, 3.8) is 0 Å². The summed E-state index contributed by atoms with van der Waals surface area (Å²) in [6.45, 7) is 1.12. The van der Waals surface area contributed by atoms with E-state index in [1.54, 1.807) is 18.2 Å². The summed E-state index contributed by atoms with van der Waals surface area (Å²) in [6.07, 6.45) is 0. The number of nitrogens with one attached hydrogen (secondary N) is 1. The van der Waals surface area contributed by atoms with Gasteiger partial charge in [0.2, 0.25) is 0 Å². The van der Waals surface area contributed by atoms with Crippen molar-refractivity contribution in [1.82, 2.24) is 0 Å². The van der Waals surface area contributed by atoms with Crippen molar-refractivity contribution in [1.29, 1.82) is 0 Å². The van der Waals surface area contributed by atoms with E-state index in [0.29, 0.717) is 36.0 Å². The fraction of sp³-hybridized carbons (Fsp3) is 0.333. The summed E-state index contributed by atoms with van der Waals surface area (Å²) in [5.74, 6) is 0.339. The molecule has 0 saturated carbocycles. The van der Waals surface area contributed by atoms with Crippen molar-refractivity contribution in [3.05, 3.63) is 42.0 Å². The van der Waals surface area contributed by atoms with E-state index in [1.807, 2.05) is 13.8 Å². The van der Waals surface area contributed by atoms with Crippen LogP contribution in [0.25, 0.3) is 0 Å². The minimum Gasteiger partial charge on any atom is -0.494 e. The number of nitrogens with two attached hydrogens (primary N) is 1. The van der Waals surface area contributed by atoms with E-state index in [4.69, 9.17) is 24.8 Å². The molecule has 0 atom stereocenters. The van der Waals surface area contributed by atoms with E-state index in [2.05, 4.69) is 15.2 Å². The first kappa shape index (κ1) is 24.5. The van der Waals surface area contributed by atoms with Gasteiger partial charge < -0.3 is 34.8 Å². The molecule has 3 N–H and O–H groups in total. The molecule has 32 heavy (non-hydrogen) atoms. The molecule has 0 spiro atoms. The van der Waals surface area contributed by atoms with Crippen LogP contribution in [0, 0.1) is 0 Å². The van der Waals surface area contributed by atoms with Gasteiger partial charge in [-0.1, -0.05) is 5.16 Å². The summed E-state index contributed by atoms with van der Waals surface area (Å²) in [7, 11) is 1.29. The molecular formula is C21H25F2N3O6. The lowest BCUT2D eigenvalue weighted by Crippen LogP contribution is -2.20. The maximum Gasteiger partial charge on any atom is 0.387 e. The molecule has 9 nitrogen and oxygen atoms in total. The molecule has 0 aromatic heterocycles. The molecule has 2 aromatic carbocycles. The van der Waals surface area contributed by atoms with Crippen molar-refractivity contribution in [2.75, 3.05) is 32.2 Å². The second kappa shape index (κ2) is 12.2. The van der Waals surface area contributed by atoms with Crippen LogP contribution in [0.3, 0.4) is 0 Å². The summed E-state index contributed by atoms with van der Waals surface area (Å²) < 4.78 is 45.1. The quantitative estimate of drug-likeness (QED) is 0.288. The topological polar surface area (TPSA) is 114 Å². The first-order valence-corrected chi connectivity index (χ1v) is 9.66. The van der Waals surface area contributed by atoms with Crippen LogP contribution in [0.5, 0.6) is 23.0 Å². The highest BCUT2D eigenvalue weighted by atomic mass is 19.3. The number of hydrogen-bond donors (Lipinski definition) is 2. The minimum atomic E-state index is -3.00. The standard InChI is InChI=1S/C21H25F2N3O6/c1-4-29-14-7-9-16(30-5-2)15(11-14)25-19(27)12-31-26-20(24)13-6-8-17(32-21(22)23)18(10-13)28-3/h6-11,21H,4-5,12H2,1-3H3,(H2,24,26)(H,25,27). The van der Waals surface area contributed by atoms with Crippen molar-refractivity contribution in [2.24, 2.45) is 10.9 Å². The number of oxime groups is 1. The Balaban J connectivity index is 2.02. The lowest BCUT2D eigenvalue weighted by atomic mass is 10.2. The number of ether oxygens (including phenoxy) is 4. The first-order chi connectivity index (χ1) is 15.4. The number of methoxy groups -OCH3 is 1. The van der Waals surface area contributed by atoms with Gasteiger partial charge >= 0.3 is 6.61 Å². The number of carbonyl (C=O) groups excluding carboxylic acids is 1. The van der Waals surface area contributed by atoms with E-state index in [0.717, 1.165) is 0 Å². The number of alkyl halides is 2. The fourth-order valence-corrected chi connectivity index (χ4v) is 2.56. The third-order valence-electron chi connectivity index (χ3n) is 3.87. The average molecular weight is 453 g/mol. The summed E-state index contributed by atoms with van der Waals surface area (Å²) in [5, 5.41) is 6.35. The predicted octanol–water partition coefficient (Wildman–Crippen LogP) is 3.37. The van der Waals surface area contributed by atoms with Crippen molar-refractivity contribution in [2.45, 2.75) is 20.5 Å². The zero-order valence-electron chi connectivity index (χ0n) is 17.9. The molecule has 0 fully saturated rings. The summed E-state index contributed by atoms with van der Waals surface area (Å²) >= 11 is 0. The maximum atomic E-state index is 12.4. The molecule has 0 heterocycles. The SMILES string of the molecule is CCOc1ccc(OCC)c(NC(=O)CO/N=C(/N)c2ccc(OC(F)F)c(OC)c2)c1. The van der Waals surface area contributed by atoms with E-state index < -0.39 is 19.1 Å². The van der Waals surface area contributed by atoms with Gasteiger partial charge in [-0.15, -0.1) is 0 Å². The van der Waals surface area contributed by atoms with Crippen LogP contribution in [0.15, 0.2) is 41.6 Å². The second-order valence-corrected chi connectivity index (χ2v) is 6.07. The normalized spacial score (nSPS) is 11.1.